The molecule has 4 N–H and O–H groups in total. The number of fused-ring (bicyclic) bond motifs is 1. The number of ether oxygens (including phenoxy) is 4. The average Bonchev–Trinajstić information content (AvgIpc) is 3.37. The van der Waals surface area contributed by atoms with Gasteiger partial charge in [0, 0.05) is 25.2 Å². The number of rotatable bonds is 10. The van der Waals surface area contributed by atoms with Gasteiger partial charge in [-0.1, -0.05) is 18.2 Å². The molecule has 3 aromatic rings. The van der Waals surface area contributed by atoms with Gasteiger partial charge in [-0.2, -0.15) is 0 Å². The van der Waals surface area contributed by atoms with Gasteiger partial charge in [0.15, 0.2) is 0 Å². The first-order valence-corrected chi connectivity index (χ1v) is 13.0. The Kier molecular flexibility index (Phi) is 8.80. The minimum atomic E-state index is -1.52. The van der Waals surface area contributed by atoms with E-state index in [1.807, 2.05) is 24.3 Å². The van der Waals surface area contributed by atoms with Crippen molar-refractivity contribution in [3.05, 3.63) is 59.9 Å². The zero-order chi connectivity index (χ0) is 26.5. The molecule has 3 heterocycles. The van der Waals surface area contributed by atoms with Crippen LogP contribution in [0.15, 0.2) is 53.1 Å². The molecule has 1 aromatic heterocycles. The summed E-state index contributed by atoms with van der Waals surface area (Å²) in [6.45, 7) is 4.37. The van der Waals surface area contributed by atoms with Gasteiger partial charge in [-0.3, -0.25) is 4.90 Å². The molecule has 2 saturated heterocycles. The molecule has 38 heavy (non-hydrogen) atoms. The van der Waals surface area contributed by atoms with Crippen molar-refractivity contribution in [2.24, 2.45) is 0 Å². The molecule has 0 bridgehead atoms. The third kappa shape index (κ3) is 6.13. The molecule has 0 aliphatic carbocycles. The van der Waals surface area contributed by atoms with Gasteiger partial charge in [-0.25, -0.2) is 0 Å². The zero-order valence-corrected chi connectivity index (χ0v) is 21.1. The largest absolute Gasteiger partial charge is 0.492 e. The molecule has 206 valence electrons. The number of hydrogen-bond donors (Lipinski definition) is 4. The van der Waals surface area contributed by atoms with Crippen molar-refractivity contribution in [3.8, 4) is 11.5 Å². The van der Waals surface area contributed by atoms with E-state index in [0.717, 1.165) is 61.5 Å². The van der Waals surface area contributed by atoms with Gasteiger partial charge in [-0.15, -0.1) is 0 Å². The van der Waals surface area contributed by atoms with Crippen LogP contribution in [-0.4, -0.2) is 102 Å². The minimum Gasteiger partial charge on any atom is -0.492 e. The van der Waals surface area contributed by atoms with E-state index in [1.54, 1.807) is 18.4 Å². The first-order valence-electron chi connectivity index (χ1n) is 13.0. The molecule has 5 rings (SSSR count). The smallest absolute Gasteiger partial charge is 0.229 e. The lowest BCUT2D eigenvalue weighted by Gasteiger charge is -2.39. The normalized spacial score (nSPS) is 26.5. The molecule has 0 radical (unpaired) electrons. The summed E-state index contributed by atoms with van der Waals surface area (Å²) in [6.07, 6.45) is -3.69. The Bertz CT molecular complexity index is 1180. The SMILES string of the molecule is OC[C@H]1O[C@@H](Oc2cccc3occ(CCc4cccc(OCCN5CCOCC5)c4)c23)[C@H](O)[C@@H](O)[C@@H]1O. The van der Waals surface area contributed by atoms with E-state index in [4.69, 9.17) is 23.4 Å². The maximum Gasteiger partial charge on any atom is 0.229 e. The number of benzene rings is 2. The summed E-state index contributed by atoms with van der Waals surface area (Å²) in [5.41, 5.74) is 2.65. The molecule has 0 unspecified atom stereocenters. The maximum atomic E-state index is 10.4. The van der Waals surface area contributed by atoms with Crippen molar-refractivity contribution in [3.63, 3.8) is 0 Å². The first kappa shape index (κ1) is 26.9. The highest BCUT2D eigenvalue weighted by Crippen LogP contribution is 2.34. The Balaban J connectivity index is 1.24. The van der Waals surface area contributed by atoms with Crippen molar-refractivity contribution in [1.82, 2.24) is 4.90 Å². The van der Waals surface area contributed by atoms with Crippen LogP contribution in [0.3, 0.4) is 0 Å². The maximum absolute atomic E-state index is 10.4. The second-order valence-corrected chi connectivity index (χ2v) is 9.66. The summed E-state index contributed by atoms with van der Waals surface area (Å²) >= 11 is 0. The number of furan rings is 1. The van der Waals surface area contributed by atoms with Crippen LogP contribution < -0.4 is 9.47 Å². The van der Waals surface area contributed by atoms with E-state index >= 15 is 0 Å². The molecular weight excluding hydrogens is 494 g/mol. The van der Waals surface area contributed by atoms with Crippen molar-refractivity contribution in [1.29, 1.82) is 0 Å². The standard InChI is InChI=1S/C28H35NO9/c30-16-23-25(31)26(32)27(33)28(38-23)37-22-6-2-5-21-24(22)19(17-36-21)8-7-18-3-1-4-20(15-18)35-14-11-29-9-12-34-13-10-29/h1-6,15,17,23,25-28,30-33H,7-14,16H2/t23-,25-,26+,27-,28-/m1/s1. The molecule has 2 fully saturated rings. The molecule has 10 heteroatoms. The minimum absolute atomic E-state index is 0.413. The predicted octanol–water partition coefficient (Wildman–Crippen LogP) is 1.11. The van der Waals surface area contributed by atoms with Gasteiger partial charge in [0.1, 0.15) is 48.1 Å². The summed E-state index contributed by atoms with van der Waals surface area (Å²) in [5.74, 6) is 1.25. The zero-order valence-electron chi connectivity index (χ0n) is 21.1. The van der Waals surface area contributed by atoms with E-state index in [2.05, 4.69) is 11.0 Å². The number of aryl methyl sites for hydroxylation is 2. The lowest BCUT2D eigenvalue weighted by molar-refractivity contribution is -0.277. The summed E-state index contributed by atoms with van der Waals surface area (Å²) in [5, 5.41) is 40.8. The molecule has 5 atom stereocenters. The first-order chi connectivity index (χ1) is 18.5. The van der Waals surface area contributed by atoms with Crippen LogP contribution >= 0.6 is 0 Å². The van der Waals surface area contributed by atoms with Crippen LogP contribution in [0.5, 0.6) is 11.5 Å². The number of aliphatic hydroxyl groups is 4. The molecule has 0 saturated carbocycles. The fourth-order valence-electron chi connectivity index (χ4n) is 4.88. The monoisotopic (exact) mass is 529 g/mol. The fraction of sp³-hybridized carbons (Fsp3) is 0.500. The van der Waals surface area contributed by atoms with E-state index in [-0.39, 0.29) is 0 Å². The van der Waals surface area contributed by atoms with E-state index in [1.165, 1.54) is 0 Å². The second kappa shape index (κ2) is 12.4. The summed E-state index contributed by atoms with van der Waals surface area (Å²) in [6, 6.07) is 13.4. The highest BCUT2D eigenvalue weighted by molar-refractivity contribution is 5.87. The lowest BCUT2D eigenvalue weighted by Crippen LogP contribution is -2.60. The number of hydrogen-bond acceptors (Lipinski definition) is 10. The van der Waals surface area contributed by atoms with Crippen LogP contribution in [-0.2, 0) is 22.3 Å². The van der Waals surface area contributed by atoms with Gasteiger partial charge in [0.05, 0.1) is 31.5 Å². The summed E-state index contributed by atoms with van der Waals surface area (Å²) in [4.78, 5) is 2.33. The quantitative estimate of drug-likeness (QED) is 0.303. The van der Waals surface area contributed by atoms with E-state index < -0.39 is 37.3 Å². The van der Waals surface area contributed by atoms with Gasteiger partial charge >= 0.3 is 0 Å². The second-order valence-electron chi connectivity index (χ2n) is 9.66. The van der Waals surface area contributed by atoms with Crippen LogP contribution in [0, 0.1) is 0 Å². The Hall–Kier alpha value is -2.70. The van der Waals surface area contributed by atoms with Crippen LogP contribution in [0.25, 0.3) is 11.0 Å². The Morgan fingerprint density at radius 2 is 1.76 bits per heavy atom. The molecule has 2 aliphatic rings. The molecule has 0 amide bonds. The van der Waals surface area contributed by atoms with E-state index in [9.17, 15) is 20.4 Å². The van der Waals surface area contributed by atoms with Crippen LogP contribution in [0.2, 0.25) is 0 Å². The topological polar surface area (TPSA) is 134 Å². The van der Waals surface area contributed by atoms with Crippen molar-refractivity contribution in [2.45, 2.75) is 43.5 Å². The van der Waals surface area contributed by atoms with Crippen molar-refractivity contribution in [2.75, 3.05) is 46.1 Å². The van der Waals surface area contributed by atoms with Gasteiger partial charge in [0.25, 0.3) is 0 Å². The third-order valence-electron chi connectivity index (χ3n) is 7.09. The third-order valence-corrected chi connectivity index (χ3v) is 7.09. The Morgan fingerprint density at radius 1 is 0.947 bits per heavy atom. The highest BCUT2D eigenvalue weighted by Gasteiger charge is 2.44. The van der Waals surface area contributed by atoms with Crippen molar-refractivity contribution < 1.29 is 43.8 Å². The van der Waals surface area contributed by atoms with Crippen LogP contribution in [0.1, 0.15) is 11.1 Å². The van der Waals surface area contributed by atoms with Gasteiger partial charge < -0.3 is 43.8 Å². The average molecular weight is 530 g/mol. The molecule has 10 nitrogen and oxygen atoms in total. The van der Waals surface area contributed by atoms with Crippen LogP contribution in [0.4, 0.5) is 0 Å². The number of aliphatic hydroxyl groups excluding tert-OH is 4. The Labute approximate surface area is 220 Å². The molecule has 2 aromatic carbocycles. The predicted molar refractivity (Wildman–Crippen MR) is 137 cm³/mol. The fourth-order valence-corrected chi connectivity index (χ4v) is 4.88. The summed E-state index contributed by atoms with van der Waals surface area (Å²) < 4.78 is 28.6. The Morgan fingerprint density at radius 3 is 2.58 bits per heavy atom. The number of morpholine rings is 1. The highest BCUT2D eigenvalue weighted by atomic mass is 16.7. The van der Waals surface area contributed by atoms with Crippen molar-refractivity contribution >= 4 is 11.0 Å². The summed E-state index contributed by atoms with van der Waals surface area (Å²) in [7, 11) is 0. The van der Waals surface area contributed by atoms with E-state index in [0.29, 0.717) is 24.4 Å². The van der Waals surface area contributed by atoms with Gasteiger partial charge in [-0.05, 0) is 42.7 Å². The molecule has 2 aliphatic heterocycles. The molecule has 0 spiro atoms. The number of nitrogens with zero attached hydrogens (tertiary/aromatic N) is 1. The van der Waals surface area contributed by atoms with Gasteiger partial charge in [0.2, 0.25) is 6.29 Å². The molecular formula is C28H35NO9. The lowest BCUT2D eigenvalue weighted by atomic mass is 9.99.